The van der Waals surface area contributed by atoms with Gasteiger partial charge in [0.15, 0.2) is 0 Å². The number of hydrogen-bond donors (Lipinski definition) is 0. The van der Waals surface area contributed by atoms with Crippen molar-refractivity contribution in [2.24, 2.45) is 0 Å². The molecule has 0 radical (unpaired) electrons. The summed E-state index contributed by atoms with van der Waals surface area (Å²) in [7, 11) is 0. The summed E-state index contributed by atoms with van der Waals surface area (Å²) in [5.74, 6) is -5.93. The normalized spacial score (nSPS) is 19.1. The molecule has 0 aliphatic rings. The highest BCUT2D eigenvalue weighted by molar-refractivity contribution is 4.93. The highest BCUT2D eigenvalue weighted by Crippen LogP contribution is 2.43. The Morgan fingerprint density at radius 3 is 1.53 bits per heavy atom. The fourth-order valence-electron chi connectivity index (χ4n) is 1.00. The maximum absolute atomic E-state index is 12.9. The predicted molar refractivity (Wildman–Crippen MR) is 42.3 cm³/mol. The molecule has 3 unspecified atom stereocenters. The summed E-state index contributed by atoms with van der Waals surface area (Å²) >= 11 is 0. The van der Waals surface area contributed by atoms with Crippen LogP contribution in [0, 0.1) is 0 Å². The van der Waals surface area contributed by atoms with Crippen LogP contribution in [-0.4, -0.2) is 43.3 Å². The molecule has 0 aromatic heterocycles. The van der Waals surface area contributed by atoms with Gasteiger partial charge in [-0.15, -0.1) is 0 Å². The van der Waals surface area contributed by atoms with Gasteiger partial charge in [0, 0.05) is 0 Å². The van der Waals surface area contributed by atoms with Crippen LogP contribution in [0.5, 0.6) is 0 Å². The summed E-state index contributed by atoms with van der Waals surface area (Å²) in [6.07, 6.45) is -23.8. The second kappa shape index (κ2) is 5.71. The molecule has 116 valence electrons. The zero-order chi connectivity index (χ0) is 15.6. The summed E-state index contributed by atoms with van der Waals surface area (Å²) in [5.41, 5.74) is 0. The van der Waals surface area contributed by atoms with E-state index in [-0.39, 0.29) is 0 Å². The largest absolute Gasteiger partial charge is 0.425 e. The quantitative estimate of drug-likeness (QED) is 0.701. The van der Waals surface area contributed by atoms with Gasteiger partial charge < -0.3 is 4.74 Å². The van der Waals surface area contributed by atoms with Crippen LogP contribution in [0.4, 0.5) is 43.9 Å². The molecule has 3 atom stereocenters. The first-order valence-corrected chi connectivity index (χ1v) is 4.61. The number of alkyl halides is 10. The minimum Gasteiger partial charge on any atom is -0.360 e. The zero-order valence-electron chi connectivity index (χ0n) is 9.13. The average Bonchev–Trinajstić information content (AvgIpc) is 2.11. The third-order valence-corrected chi connectivity index (χ3v) is 1.76. The Morgan fingerprint density at radius 1 is 0.842 bits per heavy atom. The first-order valence-electron chi connectivity index (χ1n) is 4.61. The monoisotopic (exact) mass is 310 g/mol. The van der Waals surface area contributed by atoms with Crippen molar-refractivity contribution in [2.75, 3.05) is 6.61 Å². The first-order chi connectivity index (χ1) is 8.20. The van der Waals surface area contributed by atoms with Crippen LogP contribution in [0.15, 0.2) is 0 Å². The Bertz CT molecular complexity index is 280. The Balaban J connectivity index is 5.24. The summed E-state index contributed by atoms with van der Waals surface area (Å²) in [4.78, 5) is 0. The lowest BCUT2D eigenvalue weighted by Crippen LogP contribution is -2.56. The SMILES string of the molecule is CC(F)COC(C(F)(F)F)C(F)(F)C(F)C(F)(F)F. The maximum atomic E-state index is 12.9. The van der Waals surface area contributed by atoms with Crippen LogP contribution < -0.4 is 0 Å². The fraction of sp³-hybridized carbons (Fsp3) is 1.00. The van der Waals surface area contributed by atoms with Gasteiger partial charge in [-0.25, -0.2) is 8.78 Å². The molecule has 0 N–H and O–H groups in total. The van der Waals surface area contributed by atoms with Crippen LogP contribution in [-0.2, 0) is 4.74 Å². The molecule has 0 heterocycles. The van der Waals surface area contributed by atoms with Crippen molar-refractivity contribution in [1.82, 2.24) is 0 Å². The van der Waals surface area contributed by atoms with Crippen LogP contribution in [0.1, 0.15) is 6.92 Å². The molecule has 0 spiro atoms. The molecule has 0 amide bonds. The Hall–Kier alpha value is -0.740. The van der Waals surface area contributed by atoms with E-state index in [0.717, 1.165) is 0 Å². The highest BCUT2D eigenvalue weighted by atomic mass is 19.4. The van der Waals surface area contributed by atoms with Gasteiger partial charge in [0.2, 0.25) is 6.10 Å². The Morgan fingerprint density at radius 2 is 1.26 bits per heavy atom. The van der Waals surface area contributed by atoms with E-state index in [2.05, 4.69) is 4.74 Å². The molecule has 1 nitrogen and oxygen atoms in total. The van der Waals surface area contributed by atoms with E-state index in [0.29, 0.717) is 6.92 Å². The Labute approximate surface area is 100 Å². The molecule has 0 fully saturated rings. The average molecular weight is 310 g/mol. The van der Waals surface area contributed by atoms with Crippen molar-refractivity contribution in [3.63, 3.8) is 0 Å². The van der Waals surface area contributed by atoms with Crippen molar-refractivity contribution < 1.29 is 48.6 Å². The van der Waals surface area contributed by atoms with Gasteiger partial charge in [-0.2, -0.15) is 35.1 Å². The van der Waals surface area contributed by atoms with Crippen molar-refractivity contribution in [3.05, 3.63) is 0 Å². The summed E-state index contributed by atoms with van der Waals surface area (Å²) < 4.78 is 125. The third-order valence-electron chi connectivity index (χ3n) is 1.76. The third kappa shape index (κ3) is 5.03. The number of ether oxygens (including phenoxy) is 1. The van der Waals surface area contributed by atoms with Crippen LogP contribution in [0.3, 0.4) is 0 Å². The molecule has 0 aromatic carbocycles. The molecule has 0 aromatic rings. The van der Waals surface area contributed by atoms with Gasteiger partial charge in [0.05, 0.1) is 6.61 Å². The van der Waals surface area contributed by atoms with Crippen molar-refractivity contribution >= 4 is 0 Å². The summed E-state index contributed by atoms with van der Waals surface area (Å²) in [6, 6.07) is 0. The topological polar surface area (TPSA) is 9.23 Å². The maximum Gasteiger partial charge on any atom is 0.425 e. The zero-order valence-corrected chi connectivity index (χ0v) is 9.13. The molecule has 0 aliphatic carbocycles. The highest BCUT2D eigenvalue weighted by Gasteiger charge is 2.68. The standard InChI is InChI=1S/C8H8F10O/c1-3(9)2-19-5(8(16,17)18)6(11,12)4(10)7(13,14)15/h3-5H,2H2,1H3. The van der Waals surface area contributed by atoms with Gasteiger partial charge in [0.25, 0.3) is 6.17 Å². The molecular formula is C8H8F10O. The van der Waals surface area contributed by atoms with Gasteiger partial charge in [-0.05, 0) is 6.92 Å². The van der Waals surface area contributed by atoms with Gasteiger partial charge in [0.1, 0.15) is 6.17 Å². The van der Waals surface area contributed by atoms with Gasteiger partial charge in [-0.3, -0.25) is 0 Å². The van der Waals surface area contributed by atoms with Crippen LogP contribution >= 0.6 is 0 Å². The first kappa shape index (κ1) is 18.3. The number of hydrogen-bond acceptors (Lipinski definition) is 1. The summed E-state index contributed by atoms with van der Waals surface area (Å²) in [6.45, 7) is -0.924. The van der Waals surface area contributed by atoms with Crippen LogP contribution in [0.2, 0.25) is 0 Å². The second-order valence-electron chi connectivity index (χ2n) is 3.61. The van der Waals surface area contributed by atoms with E-state index in [9.17, 15) is 43.9 Å². The number of halogens is 10. The fourth-order valence-corrected chi connectivity index (χ4v) is 1.00. The van der Waals surface area contributed by atoms with Gasteiger partial charge >= 0.3 is 18.3 Å². The molecule has 0 saturated carbocycles. The van der Waals surface area contributed by atoms with E-state index in [4.69, 9.17) is 0 Å². The smallest absolute Gasteiger partial charge is 0.360 e. The van der Waals surface area contributed by atoms with Crippen molar-refractivity contribution in [1.29, 1.82) is 0 Å². The predicted octanol–water partition coefficient (Wildman–Crippen LogP) is 3.83. The van der Waals surface area contributed by atoms with Gasteiger partial charge in [-0.1, -0.05) is 0 Å². The second-order valence-corrected chi connectivity index (χ2v) is 3.61. The molecule has 19 heavy (non-hydrogen) atoms. The number of rotatable bonds is 5. The van der Waals surface area contributed by atoms with E-state index in [1.165, 1.54) is 0 Å². The molecule has 0 saturated heterocycles. The lowest BCUT2D eigenvalue weighted by atomic mass is 10.1. The van der Waals surface area contributed by atoms with E-state index in [1.54, 1.807) is 0 Å². The van der Waals surface area contributed by atoms with Crippen LogP contribution in [0.25, 0.3) is 0 Å². The van der Waals surface area contributed by atoms with Crippen molar-refractivity contribution in [2.45, 2.75) is 43.6 Å². The van der Waals surface area contributed by atoms with E-state index >= 15 is 0 Å². The van der Waals surface area contributed by atoms with E-state index < -0.39 is 43.3 Å². The van der Waals surface area contributed by atoms with Crippen molar-refractivity contribution in [3.8, 4) is 0 Å². The molecule has 0 bridgehead atoms. The minimum atomic E-state index is -6.21. The molecular weight excluding hydrogens is 302 g/mol. The molecule has 0 rings (SSSR count). The van der Waals surface area contributed by atoms with E-state index in [1.807, 2.05) is 0 Å². The molecule has 0 aliphatic heterocycles. The minimum absolute atomic E-state index is 0.627. The lowest BCUT2D eigenvalue weighted by Gasteiger charge is -2.31. The lowest BCUT2D eigenvalue weighted by molar-refractivity contribution is -0.330. The Kier molecular flexibility index (Phi) is 5.49. The summed E-state index contributed by atoms with van der Waals surface area (Å²) in [5, 5.41) is 0. The molecule has 11 heteroatoms.